The lowest BCUT2D eigenvalue weighted by Gasteiger charge is -2.36. The number of alkyl halides is 4. The number of ether oxygens (including phenoxy) is 1. The Kier molecular flexibility index (Phi) is 6.99. The topological polar surface area (TPSA) is 47.6 Å². The third-order valence-corrected chi connectivity index (χ3v) is 10.4. The molecule has 0 bridgehead atoms. The van der Waals surface area contributed by atoms with Gasteiger partial charge in [0.25, 0.3) is 6.02 Å². The second kappa shape index (κ2) is 8.74. The molecule has 0 radical (unpaired) electrons. The van der Waals surface area contributed by atoms with Crippen LogP contribution in [0.2, 0.25) is 18.1 Å². The van der Waals surface area contributed by atoms with Crippen molar-refractivity contribution in [1.82, 2.24) is 0 Å². The average molecular weight is 433 g/mol. The highest BCUT2D eigenvalue weighted by Gasteiger charge is 2.52. The van der Waals surface area contributed by atoms with E-state index in [1.807, 2.05) is 0 Å². The lowest BCUT2D eigenvalue weighted by Crippen LogP contribution is -2.48. The van der Waals surface area contributed by atoms with Gasteiger partial charge in [-0.15, -0.1) is 5.54 Å². The Balaban J connectivity index is 2.54. The molecule has 0 saturated carbocycles. The first-order chi connectivity index (χ1) is 13.5. The maximum atomic E-state index is 14.6. The number of amidine groups is 1. The molecule has 1 aromatic carbocycles. The zero-order valence-corrected chi connectivity index (χ0v) is 17.7. The first-order valence-corrected chi connectivity index (χ1v) is 12.1. The number of aliphatic imine (C=N–C) groups is 1. The van der Waals surface area contributed by atoms with E-state index < -0.39 is 50.8 Å². The van der Waals surface area contributed by atoms with Crippen LogP contribution in [0.5, 0.6) is 0 Å². The van der Waals surface area contributed by atoms with Crippen molar-refractivity contribution >= 4 is 14.1 Å². The van der Waals surface area contributed by atoms with Gasteiger partial charge in [0.15, 0.2) is 6.10 Å². The molecule has 0 saturated heterocycles. The van der Waals surface area contributed by atoms with Crippen LogP contribution in [0.3, 0.4) is 0 Å². The van der Waals surface area contributed by atoms with Crippen LogP contribution in [0, 0.1) is 17.3 Å². The minimum Gasteiger partial charge on any atom is -0.452 e. The third kappa shape index (κ3) is 4.92. The largest absolute Gasteiger partial charge is 0.452 e. The van der Waals surface area contributed by atoms with Crippen LogP contribution in [0.4, 0.5) is 22.0 Å². The van der Waals surface area contributed by atoms with E-state index in [2.05, 4.69) is 42.0 Å². The number of nitrogens with zero attached hydrogens (tertiary/aromatic N) is 1. The Morgan fingerprint density at radius 1 is 1.24 bits per heavy atom. The zero-order valence-electron chi connectivity index (χ0n) is 16.7. The van der Waals surface area contributed by atoms with Crippen LogP contribution in [0.15, 0.2) is 23.2 Å². The van der Waals surface area contributed by atoms with Gasteiger partial charge in [-0.2, -0.15) is 13.2 Å². The van der Waals surface area contributed by atoms with Gasteiger partial charge in [0.05, 0.1) is 0 Å². The van der Waals surface area contributed by atoms with Crippen molar-refractivity contribution in [2.75, 3.05) is 6.67 Å². The average Bonchev–Trinajstić information content (AvgIpc) is 2.69. The summed E-state index contributed by atoms with van der Waals surface area (Å²) < 4.78 is 72.7. The fourth-order valence-corrected chi connectivity index (χ4v) is 5.91. The van der Waals surface area contributed by atoms with E-state index >= 15 is 0 Å². The molecule has 2 N–H and O–H groups in total. The smallest absolute Gasteiger partial charge is 0.425 e. The van der Waals surface area contributed by atoms with E-state index in [0.717, 1.165) is 24.2 Å². The van der Waals surface area contributed by atoms with Gasteiger partial charge in [0.1, 0.15) is 26.1 Å². The molecule has 1 heterocycles. The van der Waals surface area contributed by atoms with Gasteiger partial charge in [-0.25, -0.2) is 13.8 Å². The summed E-state index contributed by atoms with van der Waals surface area (Å²) >= 11 is 0. The van der Waals surface area contributed by atoms with Crippen LogP contribution >= 0.6 is 0 Å². The van der Waals surface area contributed by atoms with Crippen LogP contribution in [-0.4, -0.2) is 33.1 Å². The molecule has 0 unspecified atom stereocenters. The molecule has 2 atom stereocenters. The summed E-state index contributed by atoms with van der Waals surface area (Å²) in [6, 6.07) is 5.85. The summed E-state index contributed by atoms with van der Waals surface area (Å²) in [4.78, 5) is 3.74. The summed E-state index contributed by atoms with van der Waals surface area (Å²) in [5, 5.41) is 0. The fraction of sp³-hybridized carbons (Fsp3) is 0.550. The molecule has 2 rings (SSSR count). The fourth-order valence-electron chi connectivity index (χ4n) is 3.47. The van der Waals surface area contributed by atoms with Gasteiger partial charge in [-0.1, -0.05) is 26.7 Å². The Bertz CT molecular complexity index is 818. The van der Waals surface area contributed by atoms with Gasteiger partial charge in [0.2, 0.25) is 0 Å². The minimum atomic E-state index is -4.79. The first kappa shape index (κ1) is 23.2. The summed E-state index contributed by atoms with van der Waals surface area (Å²) in [6.07, 6.45) is -8.06. The molecular weight excluding hydrogens is 407 g/mol. The maximum absolute atomic E-state index is 14.6. The van der Waals surface area contributed by atoms with Gasteiger partial charge < -0.3 is 10.5 Å². The highest BCUT2D eigenvalue weighted by molar-refractivity contribution is 6.87. The molecule has 1 aromatic rings. The highest BCUT2D eigenvalue weighted by Crippen LogP contribution is 2.41. The highest BCUT2D eigenvalue weighted by atomic mass is 28.3. The van der Waals surface area contributed by atoms with E-state index in [1.54, 1.807) is 0 Å². The molecule has 1 aliphatic heterocycles. The second-order valence-corrected chi connectivity index (χ2v) is 12.2. The lowest BCUT2D eigenvalue weighted by atomic mass is 9.84. The lowest BCUT2D eigenvalue weighted by molar-refractivity contribution is -0.209. The minimum absolute atomic E-state index is 0.302. The van der Waals surface area contributed by atoms with Crippen LogP contribution in [0.25, 0.3) is 0 Å². The van der Waals surface area contributed by atoms with E-state index in [1.165, 1.54) is 12.1 Å². The summed E-state index contributed by atoms with van der Waals surface area (Å²) in [6.45, 7) is 4.89. The van der Waals surface area contributed by atoms with E-state index in [0.29, 0.717) is 5.56 Å². The third-order valence-electron chi connectivity index (χ3n) is 5.67. The van der Waals surface area contributed by atoms with Crippen molar-refractivity contribution < 1.29 is 26.7 Å². The van der Waals surface area contributed by atoms with Gasteiger partial charge >= 0.3 is 6.18 Å². The summed E-state index contributed by atoms with van der Waals surface area (Å²) in [5.41, 5.74) is 6.71. The van der Waals surface area contributed by atoms with Crippen molar-refractivity contribution in [2.45, 2.75) is 63.1 Å². The Morgan fingerprint density at radius 2 is 1.86 bits per heavy atom. The van der Waals surface area contributed by atoms with Crippen LogP contribution in [0.1, 0.15) is 38.3 Å². The van der Waals surface area contributed by atoms with E-state index in [-0.39, 0.29) is 5.56 Å². The van der Waals surface area contributed by atoms with Crippen molar-refractivity contribution in [3.63, 3.8) is 0 Å². The SMILES string of the molecule is CC[Si](C#Cc1ccc(F)c([C@]2(CF)C[C@@H](C(F)(F)F)OC(N)=N2)c1)(CC)CC. The van der Waals surface area contributed by atoms with Crippen LogP contribution < -0.4 is 5.73 Å². The molecule has 160 valence electrons. The second-order valence-electron chi connectivity index (χ2n) is 7.25. The Labute approximate surface area is 168 Å². The molecule has 0 aromatic heterocycles. The molecule has 3 nitrogen and oxygen atoms in total. The number of nitrogens with two attached hydrogens (primary N) is 1. The monoisotopic (exact) mass is 432 g/mol. The Hall–Kier alpha value is -2.08. The molecule has 0 fully saturated rings. The number of rotatable bonds is 5. The number of hydrogen-bond donors (Lipinski definition) is 1. The summed E-state index contributed by atoms with van der Waals surface area (Å²) in [5.74, 6) is 2.17. The molecule has 0 spiro atoms. The molecule has 0 amide bonds. The zero-order chi connectivity index (χ0) is 21.9. The predicted molar refractivity (Wildman–Crippen MR) is 105 cm³/mol. The maximum Gasteiger partial charge on any atom is 0.425 e. The Morgan fingerprint density at radius 3 is 2.38 bits per heavy atom. The number of hydrogen-bond acceptors (Lipinski definition) is 3. The normalized spacial score (nSPS) is 22.3. The number of halogens is 5. The molecule has 0 aliphatic carbocycles. The molecule has 1 aliphatic rings. The van der Waals surface area contributed by atoms with Crippen molar-refractivity contribution in [2.24, 2.45) is 10.7 Å². The van der Waals surface area contributed by atoms with Gasteiger partial charge in [-0.05, 0) is 36.3 Å². The standard InChI is InChI=1S/C20H25F5N2OSi/c1-4-29(5-2,6-3)10-9-14-7-8-16(22)15(11-14)19(13-21)12-17(20(23,24)25)28-18(26)27-19/h7-8,11,17H,4-6,12-13H2,1-3H3,(H2,26,27)/t17-,19+/m0/s1. The van der Waals surface area contributed by atoms with Crippen LogP contribution in [-0.2, 0) is 10.3 Å². The van der Waals surface area contributed by atoms with Gasteiger partial charge in [-0.3, -0.25) is 0 Å². The van der Waals surface area contributed by atoms with Crippen molar-refractivity contribution in [1.29, 1.82) is 0 Å². The van der Waals surface area contributed by atoms with E-state index in [9.17, 15) is 22.0 Å². The molecular formula is C20H25F5N2OSi. The van der Waals surface area contributed by atoms with Gasteiger partial charge in [0, 0.05) is 17.5 Å². The van der Waals surface area contributed by atoms with Crippen molar-refractivity contribution in [3.05, 3.63) is 35.1 Å². The molecule has 9 heteroatoms. The first-order valence-electron chi connectivity index (χ1n) is 9.52. The van der Waals surface area contributed by atoms with E-state index in [4.69, 9.17) is 5.73 Å². The quantitative estimate of drug-likeness (QED) is 0.402. The summed E-state index contributed by atoms with van der Waals surface area (Å²) in [7, 11) is -1.79. The molecule has 29 heavy (non-hydrogen) atoms. The number of benzene rings is 1. The predicted octanol–water partition coefficient (Wildman–Crippen LogP) is 5.06. The van der Waals surface area contributed by atoms with Crippen molar-refractivity contribution in [3.8, 4) is 11.5 Å².